The average Bonchev–Trinajstić information content (AvgIpc) is 3.03. The SMILES string of the molecule is O=C(O)/C=C(/c1ccc2c(c1)OCO2)C1CC1. The summed E-state index contributed by atoms with van der Waals surface area (Å²) in [4.78, 5) is 10.8. The van der Waals surface area contributed by atoms with Crippen LogP contribution in [0.5, 0.6) is 11.5 Å². The van der Waals surface area contributed by atoms with Crippen molar-refractivity contribution in [2.75, 3.05) is 6.79 Å². The van der Waals surface area contributed by atoms with Crippen molar-refractivity contribution < 1.29 is 19.4 Å². The van der Waals surface area contributed by atoms with E-state index < -0.39 is 5.97 Å². The number of fused-ring (bicyclic) bond motifs is 1. The van der Waals surface area contributed by atoms with Gasteiger partial charge in [0.25, 0.3) is 0 Å². The third-order valence-corrected chi connectivity index (χ3v) is 3.00. The number of benzene rings is 1. The zero-order valence-corrected chi connectivity index (χ0v) is 9.18. The lowest BCUT2D eigenvalue weighted by atomic mass is 10.0. The van der Waals surface area contributed by atoms with Crippen molar-refractivity contribution in [1.29, 1.82) is 0 Å². The van der Waals surface area contributed by atoms with Gasteiger partial charge in [-0.2, -0.15) is 0 Å². The molecule has 1 aromatic carbocycles. The summed E-state index contributed by atoms with van der Waals surface area (Å²) in [5, 5.41) is 8.88. The summed E-state index contributed by atoms with van der Waals surface area (Å²) in [6.45, 7) is 0.236. The van der Waals surface area contributed by atoms with Crippen LogP contribution >= 0.6 is 0 Å². The quantitative estimate of drug-likeness (QED) is 0.812. The predicted molar refractivity (Wildman–Crippen MR) is 60.9 cm³/mol. The highest BCUT2D eigenvalue weighted by molar-refractivity contribution is 5.91. The van der Waals surface area contributed by atoms with Crippen molar-refractivity contribution >= 4 is 11.5 Å². The van der Waals surface area contributed by atoms with E-state index in [1.807, 2.05) is 18.2 Å². The molecule has 17 heavy (non-hydrogen) atoms. The molecule has 1 fully saturated rings. The Bertz CT molecular complexity index is 500. The number of aliphatic carboxylic acids is 1. The van der Waals surface area contributed by atoms with Gasteiger partial charge in [0.2, 0.25) is 6.79 Å². The van der Waals surface area contributed by atoms with Gasteiger partial charge in [0.05, 0.1) is 0 Å². The standard InChI is InChI=1S/C13H12O4/c14-13(15)6-10(8-1-2-8)9-3-4-11-12(5-9)17-7-16-11/h3-6,8H,1-2,7H2,(H,14,15)/b10-6+. The van der Waals surface area contributed by atoms with Gasteiger partial charge in [-0.3, -0.25) is 0 Å². The normalized spacial score (nSPS) is 18.2. The molecule has 0 amide bonds. The Kier molecular flexibility index (Phi) is 2.28. The van der Waals surface area contributed by atoms with Crippen molar-refractivity contribution in [3.63, 3.8) is 0 Å². The van der Waals surface area contributed by atoms with E-state index in [4.69, 9.17) is 14.6 Å². The molecule has 1 aromatic rings. The van der Waals surface area contributed by atoms with Gasteiger partial charge >= 0.3 is 5.97 Å². The van der Waals surface area contributed by atoms with E-state index in [9.17, 15) is 4.79 Å². The first kappa shape index (κ1) is 10.2. The number of allylic oxidation sites excluding steroid dienone is 1. The number of carbonyl (C=O) groups is 1. The minimum Gasteiger partial charge on any atom is -0.478 e. The van der Waals surface area contributed by atoms with Crippen molar-refractivity contribution in [1.82, 2.24) is 0 Å². The fraction of sp³-hybridized carbons (Fsp3) is 0.308. The minimum atomic E-state index is -0.899. The second kappa shape index (κ2) is 3.80. The number of hydrogen-bond acceptors (Lipinski definition) is 3. The van der Waals surface area contributed by atoms with Crippen molar-refractivity contribution in [2.45, 2.75) is 12.8 Å². The summed E-state index contributed by atoms with van der Waals surface area (Å²) in [5.41, 5.74) is 1.80. The van der Waals surface area contributed by atoms with Crippen LogP contribution in [0.4, 0.5) is 0 Å². The minimum absolute atomic E-state index is 0.236. The molecule has 2 aliphatic rings. The van der Waals surface area contributed by atoms with Gasteiger partial charge in [-0.25, -0.2) is 4.79 Å². The van der Waals surface area contributed by atoms with Crippen LogP contribution in [-0.2, 0) is 4.79 Å². The lowest BCUT2D eigenvalue weighted by Gasteiger charge is -2.06. The van der Waals surface area contributed by atoms with Crippen LogP contribution in [0.25, 0.3) is 5.57 Å². The fourth-order valence-electron chi connectivity index (χ4n) is 2.04. The number of rotatable bonds is 3. The Morgan fingerprint density at radius 3 is 2.76 bits per heavy atom. The largest absolute Gasteiger partial charge is 0.478 e. The molecule has 0 bridgehead atoms. The predicted octanol–water partition coefficient (Wildman–Crippen LogP) is 2.29. The van der Waals surface area contributed by atoms with Crippen LogP contribution in [0, 0.1) is 5.92 Å². The molecule has 4 heteroatoms. The molecule has 1 heterocycles. The number of hydrogen-bond donors (Lipinski definition) is 1. The Morgan fingerprint density at radius 2 is 2.06 bits per heavy atom. The van der Waals surface area contributed by atoms with E-state index in [2.05, 4.69) is 0 Å². The third kappa shape index (κ3) is 1.98. The van der Waals surface area contributed by atoms with Gasteiger partial charge in [-0.1, -0.05) is 6.07 Å². The highest BCUT2D eigenvalue weighted by atomic mass is 16.7. The first-order valence-electron chi connectivity index (χ1n) is 5.58. The molecule has 0 atom stereocenters. The molecule has 4 nitrogen and oxygen atoms in total. The Morgan fingerprint density at radius 1 is 1.29 bits per heavy atom. The summed E-state index contributed by atoms with van der Waals surface area (Å²) in [6, 6.07) is 5.58. The van der Waals surface area contributed by atoms with E-state index in [-0.39, 0.29) is 6.79 Å². The molecule has 1 aliphatic heterocycles. The summed E-state index contributed by atoms with van der Waals surface area (Å²) < 4.78 is 10.5. The molecule has 0 radical (unpaired) electrons. The fourth-order valence-corrected chi connectivity index (χ4v) is 2.04. The molecule has 0 spiro atoms. The molecule has 1 N–H and O–H groups in total. The zero-order chi connectivity index (χ0) is 11.8. The van der Waals surface area contributed by atoms with Crippen LogP contribution in [0.15, 0.2) is 24.3 Å². The van der Waals surface area contributed by atoms with Gasteiger partial charge < -0.3 is 14.6 Å². The van der Waals surface area contributed by atoms with E-state index in [0.717, 1.165) is 29.7 Å². The topological polar surface area (TPSA) is 55.8 Å². The smallest absolute Gasteiger partial charge is 0.328 e. The molecule has 3 rings (SSSR count). The first-order valence-corrected chi connectivity index (χ1v) is 5.58. The van der Waals surface area contributed by atoms with Crippen LogP contribution in [0.3, 0.4) is 0 Å². The van der Waals surface area contributed by atoms with Gasteiger partial charge in [0, 0.05) is 6.08 Å². The van der Waals surface area contributed by atoms with Crippen molar-refractivity contribution in [3.05, 3.63) is 29.8 Å². The summed E-state index contributed by atoms with van der Waals surface area (Å²) in [5.74, 6) is 0.898. The van der Waals surface area contributed by atoms with E-state index >= 15 is 0 Å². The lowest BCUT2D eigenvalue weighted by Crippen LogP contribution is -1.94. The maximum atomic E-state index is 10.8. The van der Waals surface area contributed by atoms with Gasteiger partial charge in [0.15, 0.2) is 11.5 Å². The maximum absolute atomic E-state index is 10.8. The zero-order valence-electron chi connectivity index (χ0n) is 9.18. The van der Waals surface area contributed by atoms with Crippen molar-refractivity contribution in [3.8, 4) is 11.5 Å². The van der Waals surface area contributed by atoms with Crippen LogP contribution in [-0.4, -0.2) is 17.9 Å². The number of ether oxygens (including phenoxy) is 2. The van der Waals surface area contributed by atoms with Crippen LogP contribution < -0.4 is 9.47 Å². The Labute approximate surface area is 98.5 Å². The first-order chi connectivity index (χ1) is 8.24. The van der Waals surface area contributed by atoms with E-state index in [0.29, 0.717) is 11.7 Å². The van der Waals surface area contributed by atoms with Gasteiger partial charge in [0.1, 0.15) is 0 Å². The maximum Gasteiger partial charge on any atom is 0.328 e. The number of carboxylic acids is 1. The monoisotopic (exact) mass is 232 g/mol. The van der Waals surface area contributed by atoms with Gasteiger partial charge in [-0.15, -0.1) is 0 Å². The third-order valence-electron chi connectivity index (χ3n) is 3.00. The van der Waals surface area contributed by atoms with E-state index in [1.165, 1.54) is 6.08 Å². The van der Waals surface area contributed by atoms with Crippen molar-refractivity contribution in [2.24, 2.45) is 5.92 Å². The Hall–Kier alpha value is -1.97. The van der Waals surface area contributed by atoms with Gasteiger partial charge in [-0.05, 0) is 42.0 Å². The Balaban J connectivity index is 1.98. The van der Waals surface area contributed by atoms with Crippen LogP contribution in [0.1, 0.15) is 18.4 Å². The second-order valence-electron chi connectivity index (χ2n) is 4.28. The summed E-state index contributed by atoms with van der Waals surface area (Å²) in [7, 11) is 0. The molecule has 0 saturated heterocycles. The highest BCUT2D eigenvalue weighted by Crippen LogP contribution is 2.44. The molecule has 1 saturated carbocycles. The van der Waals surface area contributed by atoms with E-state index in [1.54, 1.807) is 0 Å². The molecular weight excluding hydrogens is 220 g/mol. The molecule has 1 aliphatic carbocycles. The molecular formula is C13H12O4. The molecule has 0 aromatic heterocycles. The summed E-state index contributed by atoms with van der Waals surface area (Å²) >= 11 is 0. The second-order valence-corrected chi connectivity index (χ2v) is 4.28. The van der Waals surface area contributed by atoms with Crippen LogP contribution in [0.2, 0.25) is 0 Å². The molecule has 88 valence electrons. The summed E-state index contributed by atoms with van der Waals surface area (Å²) in [6.07, 6.45) is 3.43. The highest BCUT2D eigenvalue weighted by Gasteiger charge is 2.28. The lowest BCUT2D eigenvalue weighted by molar-refractivity contribution is -0.131. The number of carboxylic acid groups (broad SMARTS) is 1. The average molecular weight is 232 g/mol. The molecule has 0 unspecified atom stereocenters.